The number of likely N-dealkylation sites (N-methyl/N-ethyl adjacent to an activating group) is 1. The van der Waals surface area contributed by atoms with E-state index in [4.69, 9.17) is 24.2 Å². The largest absolute Gasteiger partial charge is 0.466 e. The Balaban J connectivity index is 0.000000748. The van der Waals surface area contributed by atoms with Gasteiger partial charge < -0.3 is 34.9 Å². The minimum Gasteiger partial charge on any atom is -0.384 e. The Morgan fingerprint density at radius 3 is 2.29 bits per heavy atom. The van der Waals surface area contributed by atoms with E-state index in [1.54, 1.807) is 42.8 Å². The quantitative estimate of drug-likeness (QED) is 0.154. The molecule has 0 spiro atoms. The van der Waals surface area contributed by atoms with Gasteiger partial charge in [0, 0.05) is 43.8 Å². The maximum absolute atomic E-state index is 13.2. The summed E-state index contributed by atoms with van der Waals surface area (Å²) in [4.78, 5) is 53.2. The van der Waals surface area contributed by atoms with Crippen molar-refractivity contribution in [2.75, 3.05) is 43.4 Å². The van der Waals surface area contributed by atoms with Crippen molar-refractivity contribution in [2.24, 2.45) is 0 Å². The zero-order valence-corrected chi connectivity index (χ0v) is 24.5. The van der Waals surface area contributed by atoms with Crippen LogP contribution in [0.25, 0.3) is 16.9 Å². The van der Waals surface area contributed by atoms with Crippen LogP contribution in [0, 0.1) is 0 Å². The number of hydrogen-bond donors (Lipinski definition) is 5. The fourth-order valence-electron chi connectivity index (χ4n) is 4.44. The van der Waals surface area contributed by atoms with Gasteiger partial charge in [0.15, 0.2) is 11.5 Å². The molecular formula is C27H35N8O6P. The fourth-order valence-corrected chi connectivity index (χ4v) is 4.44. The molecule has 15 heteroatoms. The van der Waals surface area contributed by atoms with E-state index in [1.807, 2.05) is 12.1 Å². The normalized spacial score (nSPS) is 14.4. The Labute approximate surface area is 242 Å². The van der Waals surface area contributed by atoms with Crippen molar-refractivity contribution in [1.29, 1.82) is 0 Å². The number of hydrogen-bond acceptors (Lipinski definition) is 9. The summed E-state index contributed by atoms with van der Waals surface area (Å²) in [6.07, 6.45) is 3.17. The third-order valence-corrected chi connectivity index (χ3v) is 6.55. The highest BCUT2D eigenvalue weighted by atomic mass is 31.2. The van der Waals surface area contributed by atoms with E-state index in [1.165, 1.54) is 16.6 Å². The standard InChI is InChI=1S/C27H32N8O2.H3O4P/c1-5-13-34-25(36)21-18-28-26(29-19-9-11-20(12-10-19)33-16-14-32(4)15-17-33)31-24(21)35(34)23-8-6-7-22(30-23)27(2,3)37;1-5(2,3)4/h5-12,18,37H,1,13-17H2,2-4H3,(H,28,29,31);(H3,1,2,3,4). The van der Waals surface area contributed by atoms with Gasteiger partial charge in [-0.3, -0.25) is 4.79 Å². The molecule has 0 radical (unpaired) electrons. The second-order valence-corrected chi connectivity index (χ2v) is 11.4. The number of nitrogens with zero attached hydrogens (tertiary/aromatic N) is 7. The fraction of sp³-hybridized carbons (Fsp3) is 0.333. The lowest BCUT2D eigenvalue weighted by atomic mass is 10.1. The van der Waals surface area contributed by atoms with Gasteiger partial charge >= 0.3 is 7.82 Å². The number of aliphatic hydroxyl groups is 1. The number of allylic oxidation sites excluding steroid dienone is 1. The Morgan fingerprint density at radius 1 is 1.05 bits per heavy atom. The van der Waals surface area contributed by atoms with Crippen LogP contribution in [0.4, 0.5) is 17.3 Å². The van der Waals surface area contributed by atoms with Crippen molar-refractivity contribution in [1.82, 2.24) is 29.2 Å². The summed E-state index contributed by atoms with van der Waals surface area (Å²) in [7, 11) is -2.49. The van der Waals surface area contributed by atoms with E-state index in [0.717, 1.165) is 31.9 Å². The first-order valence-corrected chi connectivity index (χ1v) is 14.7. The molecule has 5 N–H and O–H groups in total. The molecule has 4 heterocycles. The average molecular weight is 599 g/mol. The monoisotopic (exact) mass is 598 g/mol. The summed E-state index contributed by atoms with van der Waals surface area (Å²) in [5, 5.41) is 14.1. The van der Waals surface area contributed by atoms with Gasteiger partial charge in [-0.05, 0) is 57.3 Å². The SMILES string of the molecule is C=CCn1c(=O)c2cnc(Nc3ccc(N4CCN(C)CC4)cc3)nc2n1-c1cccc(C(C)(C)O)n1.O=P(O)(O)O. The summed E-state index contributed by atoms with van der Waals surface area (Å²) in [6, 6.07) is 13.5. The molecule has 224 valence electrons. The number of benzene rings is 1. The van der Waals surface area contributed by atoms with Crippen molar-refractivity contribution in [3.05, 3.63) is 77.4 Å². The summed E-state index contributed by atoms with van der Waals surface area (Å²) in [6.45, 7) is 11.5. The minimum absolute atomic E-state index is 0.242. The van der Waals surface area contributed by atoms with E-state index in [-0.39, 0.29) is 12.1 Å². The van der Waals surface area contributed by atoms with Crippen LogP contribution in [0.3, 0.4) is 0 Å². The van der Waals surface area contributed by atoms with E-state index in [9.17, 15) is 9.90 Å². The lowest BCUT2D eigenvalue weighted by Crippen LogP contribution is -2.44. The van der Waals surface area contributed by atoms with E-state index in [2.05, 4.69) is 50.8 Å². The molecule has 0 bridgehead atoms. The van der Waals surface area contributed by atoms with Crippen LogP contribution in [-0.4, -0.2) is 82.2 Å². The average Bonchev–Trinajstić information content (AvgIpc) is 3.19. The van der Waals surface area contributed by atoms with Crippen LogP contribution in [0.5, 0.6) is 0 Å². The van der Waals surface area contributed by atoms with Crippen molar-refractivity contribution in [2.45, 2.75) is 26.0 Å². The predicted octanol–water partition coefficient (Wildman–Crippen LogP) is 1.96. The number of rotatable bonds is 7. The minimum atomic E-state index is -4.64. The highest BCUT2D eigenvalue weighted by Gasteiger charge is 2.22. The molecule has 1 aliphatic rings. The van der Waals surface area contributed by atoms with Gasteiger partial charge in [-0.2, -0.15) is 4.98 Å². The number of nitrogens with one attached hydrogen (secondary N) is 1. The number of anilines is 3. The van der Waals surface area contributed by atoms with Crippen LogP contribution in [0.15, 0.2) is 66.1 Å². The van der Waals surface area contributed by atoms with Gasteiger partial charge in [0.05, 0.1) is 12.2 Å². The highest BCUT2D eigenvalue weighted by Crippen LogP contribution is 2.26. The molecule has 42 heavy (non-hydrogen) atoms. The molecule has 1 aliphatic heterocycles. The number of fused-ring (bicyclic) bond motifs is 1. The Bertz CT molecular complexity index is 1640. The van der Waals surface area contributed by atoms with Crippen LogP contribution in [0.1, 0.15) is 19.5 Å². The Kier molecular flexibility index (Phi) is 9.26. The van der Waals surface area contributed by atoms with Crippen molar-refractivity contribution in [3.8, 4) is 5.82 Å². The second kappa shape index (κ2) is 12.5. The maximum atomic E-state index is 13.2. The molecule has 1 saturated heterocycles. The summed E-state index contributed by atoms with van der Waals surface area (Å²) in [5.41, 5.74) is 1.55. The highest BCUT2D eigenvalue weighted by molar-refractivity contribution is 7.45. The van der Waals surface area contributed by atoms with Crippen LogP contribution in [-0.2, 0) is 16.7 Å². The molecule has 1 aromatic carbocycles. The number of phosphoric acid groups is 1. The smallest absolute Gasteiger partial charge is 0.384 e. The van der Waals surface area contributed by atoms with Gasteiger partial charge in [0.25, 0.3) is 5.56 Å². The van der Waals surface area contributed by atoms with Crippen molar-refractivity contribution >= 4 is 36.2 Å². The summed E-state index contributed by atoms with van der Waals surface area (Å²) < 4.78 is 12.0. The Hall–Kier alpha value is -3.91. The first-order chi connectivity index (χ1) is 19.7. The first-order valence-electron chi connectivity index (χ1n) is 13.1. The van der Waals surface area contributed by atoms with Crippen molar-refractivity contribution in [3.63, 3.8) is 0 Å². The lowest BCUT2D eigenvalue weighted by molar-refractivity contribution is 0.0738. The van der Waals surface area contributed by atoms with Crippen molar-refractivity contribution < 1.29 is 24.4 Å². The molecular weight excluding hydrogens is 563 g/mol. The number of piperazine rings is 1. The molecule has 0 unspecified atom stereocenters. The molecule has 3 aromatic heterocycles. The molecule has 5 rings (SSSR count). The predicted molar refractivity (Wildman–Crippen MR) is 160 cm³/mol. The molecule has 1 fully saturated rings. The molecule has 0 saturated carbocycles. The van der Waals surface area contributed by atoms with E-state index in [0.29, 0.717) is 28.5 Å². The van der Waals surface area contributed by atoms with Crippen LogP contribution < -0.4 is 15.8 Å². The topological polar surface area (TPSA) is 182 Å². The molecule has 0 amide bonds. The van der Waals surface area contributed by atoms with E-state index >= 15 is 0 Å². The van der Waals surface area contributed by atoms with Crippen LogP contribution >= 0.6 is 7.82 Å². The molecule has 14 nitrogen and oxygen atoms in total. The molecule has 0 aliphatic carbocycles. The summed E-state index contributed by atoms with van der Waals surface area (Å²) >= 11 is 0. The molecule has 4 aromatic rings. The summed E-state index contributed by atoms with van der Waals surface area (Å²) in [5.74, 6) is 0.831. The zero-order chi connectivity index (χ0) is 30.7. The third kappa shape index (κ3) is 7.68. The lowest BCUT2D eigenvalue weighted by Gasteiger charge is -2.34. The maximum Gasteiger partial charge on any atom is 0.466 e. The van der Waals surface area contributed by atoms with Gasteiger partial charge in [-0.25, -0.2) is 23.9 Å². The van der Waals surface area contributed by atoms with Crippen LogP contribution in [0.2, 0.25) is 0 Å². The first kappa shape index (κ1) is 31.0. The Morgan fingerprint density at radius 2 is 1.69 bits per heavy atom. The van der Waals surface area contributed by atoms with Gasteiger partial charge in [0.2, 0.25) is 5.95 Å². The van der Waals surface area contributed by atoms with Gasteiger partial charge in [-0.1, -0.05) is 12.1 Å². The number of pyridine rings is 1. The second-order valence-electron chi connectivity index (χ2n) is 10.3. The van der Waals surface area contributed by atoms with Gasteiger partial charge in [0.1, 0.15) is 11.0 Å². The molecule has 0 atom stereocenters. The number of aromatic nitrogens is 5. The third-order valence-electron chi connectivity index (χ3n) is 6.55. The zero-order valence-electron chi connectivity index (χ0n) is 23.6. The van der Waals surface area contributed by atoms with Gasteiger partial charge in [-0.15, -0.1) is 6.58 Å². The van der Waals surface area contributed by atoms with E-state index < -0.39 is 13.4 Å².